The minimum absolute atomic E-state index is 0.363. The number of carbonyl (C=O) groups excluding carboxylic acids is 1. The zero-order valence-corrected chi connectivity index (χ0v) is 8.45. The van der Waals surface area contributed by atoms with Crippen LogP contribution in [0.3, 0.4) is 0 Å². The highest BCUT2D eigenvalue weighted by molar-refractivity contribution is 5.79. The number of nitrogens with one attached hydrogen (secondary N) is 1. The Balaban J connectivity index is 3.59. The molecule has 0 unspecified atom stereocenters. The van der Waals surface area contributed by atoms with E-state index in [2.05, 4.69) is 5.32 Å². The molecule has 0 bridgehead atoms. The Morgan fingerprint density at radius 3 is 2.64 bits per heavy atom. The number of ether oxygens (including phenoxy) is 1. The Morgan fingerprint density at radius 2 is 2.14 bits per heavy atom. The Bertz CT molecular complexity index is 196. The van der Waals surface area contributed by atoms with Crippen molar-refractivity contribution < 1.29 is 19.4 Å². The molecule has 6 heteroatoms. The SMILES string of the molecule is CCOCCN(C)C(=O)NCC(=O)O. The van der Waals surface area contributed by atoms with Gasteiger partial charge in [-0.1, -0.05) is 0 Å². The van der Waals surface area contributed by atoms with Crippen molar-refractivity contribution >= 4 is 12.0 Å². The summed E-state index contributed by atoms with van der Waals surface area (Å²) in [5.41, 5.74) is 0. The van der Waals surface area contributed by atoms with Crippen LogP contribution in [0, 0.1) is 0 Å². The van der Waals surface area contributed by atoms with Gasteiger partial charge in [0.1, 0.15) is 6.54 Å². The molecule has 0 heterocycles. The maximum absolute atomic E-state index is 11.1. The van der Waals surface area contributed by atoms with Crippen molar-refractivity contribution in [1.29, 1.82) is 0 Å². The van der Waals surface area contributed by atoms with Gasteiger partial charge in [-0.05, 0) is 6.92 Å². The zero-order chi connectivity index (χ0) is 11.0. The Morgan fingerprint density at radius 1 is 1.50 bits per heavy atom. The van der Waals surface area contributed by atoms with Crippen LogP contribution in [-0.4, -0.2) is 55.4 Å². The Hall–Kier alpha value is -1.30. The van der Waals surface area contributed by atoms with E-state index in [1.54, 1.807) is 7.05 Å². The number of urea groups is 1. The second-order valence-corrected chi connectivity index (χ2v) is 2.67. The summed E-state index contributed by atoms with van der Waals surface area (Å²) in [5, 5.41) is 10.5. The molecule has 0 aromatic rings. The van der Waals surface area contributed by atoms with Crippen LogP contribution in [-0.2, 0) is 9.53 Å². The molecule has 82 valence electrons. The third-order valence-corrected chi connectivity index (χ3v) is 1.51. The van der Waals surface area contributed by atoms with Crippen LogP contribution in [0.1, 0.15) is 6.92 Å². The van der Waals surface area contributed by atoms with Crippen molar-refractivity contribution in [2.45, 2.75) is 6.92 Å². The van der Waals surface area contributed by atoms with Crippen LogP contribution < -0.4 is 5.32 Å². The number of rotatable bonds is 6. The molecule has 0 aliphatic carbocycles. The largest absolute Gasteiger partial charge is 0.480 e. The number of carboxylic acid groups (broad SMARTS) is 1. The van der Waals surface area contributed by atoms with Crippen molar-refractivity contribution in [2.24, 2.45) is 0 Å². The molecule has 0 atom stereocenters. The van der Waals surface area contributed by atoms with E-state index >= 15 is 0 Å². The predicted molar refractivity (Wildman–Crippen MR) is 50.2 cm³/mol. The molecule has 0 aromatic heterocycles. The summed E-state index contributed by atoms with van der Waals surface area (Å²) in [6.07, 6.45) is 0. The second-order valence-electron chi connectivity index (χ2n) is 2.67. The lowest BCUT2D eigenvalue weighted by molar-refractivity contribution is -0.135. The number of amides is 2. The van der Waals surface area contributed by atoms with Crippen molar-refractivity contribution in [3.8, 4) is 0 Å². The van der Waals surface area contributed by atoms with Gasteiger partial charge in [0, 0.05) is 20.2 Å². The van der Waals surface area contributed by atoms with Gasteiger partial charge >= 0.3 is 12.0 Å². The molecule has 14 heavy (non-hydrogen) atoms. The number of likely N-dealkylation sites (N-methyl/N-ethyl adjacent to an activating group) is 1. The summed E-state index contributed by atoms with van der Waals surface area (Å²) in [4.78, 5) is 22.6. The third-order valence-electron chi connectivity index (χ3n) is 1.51. The van der Waals surface area contributed by atoms with Gasteiger partial charge in [0.2, 0.25) is 0 Å². The van der Waals surface area contributed by atoms with Gasteiger partial charge in [-0.2, -0.15) is 0 Å². The quantitative estimate of drug-likeness (QED) is 0.585. The number of carboxylic acids is 1. The molecule has 2 N–H and O–H groups in total. The molecule has 2 amide bonds. The predicted octanol–water partition coefficient (Wildman–Crippen LogP) is -0.251. The highest BCUT2D eigenvalue weighted by Gasteiger charge is 2.08. The van der Waals surface area contributed by atoms with Crippen LogP contribution in [0.4, 0.5) is 4.79 Å². The van der Waals surface area contributed by atoms with Gasteiger partial charge in [0.05, 0.1) is 6.61 Å². The first-order chi connectivity index (χ1) is 6.57. The average Bonchev–Trinajstić information content (AvgIpc) is 2.14. The third kappa shape index (κ3) is 6.24. The molecule has 0 radical (unpaired) electrons. The summed E-state index contributed by atoms with van der Waals surface area (Å²) in [6.45, 7) is 3.00. The molecule has 0 saturated carbocycles. The summed E-state index contributed by atoms with van der Waals surface area (Å²) >= 11 is 0. The molecular weight excluding hydrogens is 188 g/mol. The van der Waals surface area contributed by atoms with E-state index < -0.39 is 12.0 Å². The standard InChI is InChI=1S/C8H16N2O4/c1-3-14-5-4-10(2)8(13)9-6-7(11)12/h3-6H2,1-2H3,(H,9,13)(H,11,12). The van der Waals surface area contributed by atoms with Gasteiger partial charge < -0.3 is 20.1 Å². The van der Waals surface area contributed by atoms with Crippen molar-refractivity contribution in [1.82, 2.24) is 10.2 Å². The van der Waals surface area contributed by atoms with E-state index in [-0.39, 0.29) is 6.54 Å². The number of aliphatic carboxylic acids is 1. The molecule has 0 aromatic carbocycles. The average molecular weight is 204 g/mol. The number of carbonyl (C=O) groups is 2. The molecular formula is C8H16N2O4. The van der Waals surface area contributed by atoms with Crippen molar-refractivity contribution in [2.75, 3.05) is 33.4 Å². The van der Waals surface area contributed by atoms with Gasteiger partial charge in [0.15, 0.2) is 0 Å². The fraction of sp³-hybridized carbons (Fsp3) is 0.750. The molecule has 0 saturated heterocycles. The van der Waals surface area contributed by atoms with Crippen molar-refractivity contribution in [3.05, 3.63) is 0 Å². The number of hydrogen-bond acceptors (Lipinski definition) is 3. The minimum Gasteiger partial charge on any atom is -0.480 e. The van der Waals surface area contributed by atoms with Crippen LogP contribution >= 0.6 is 0 Å². The lowest BCUT2D eigenvalue weighted by Gasteiger charge is -2.16. The summed E-state index contributed by atoms with van der Waals surface area (Å²) in [7, 11) is 1.58. The van der Waals surface area contributed by atoms with Crippen LogP contribution in [0.25, 0.3) is 0 Å². The maximum atomic E-state index is 11.1. The summed E-state index contributed by atoms with van der Waals surface area (Å²) in [6, 6.07) is -0.410. The maximum Gasteiger partial charge on any atom is 0.323 e. The van der Waals surface area contributed by atoms with Crippen LogP contribution in [0.15, 0.2) is 0 Å². The number of hydrogen-bond donors (Lipinski definition) is 2. The molecule has 0 spiro atoms. The molecule has 0 aliphatic rings. The monoisotopic (exact) mass is 204 g/mol. The van der Waals surface area contributed by atoms with Gasteiger partial charge in [-0.3, -0.25) is 4.79 Å². The first-order valence-electron chi connectivity index (χ1n) is 4.36. The van der Waals surface area contributed by atoms with Crippen LogP contribution in [0.2, 0.25) is 0 Å². The summed E-state index contributed by atoms with van der Waals surface area (Å²) < 4.78 is 5.04. The highest BCUT2D eigenvalue weighted by Crippen LogP contribution is 1.84. The lowest BCUT2D eigenvalue weighted by Crippen LogP contribution is -2.41. The molecule has 0 aliphatic heterocycles. The Labute approximate surface area is 82.8 Å². The first kappa shape index (κ1) is 12.7. The molecule has 0 rings (SSSR count). The van der Waals surface area contributed by atoms with E-state index in [1.807, 2.05) is 6.92 Å². The second kappa shape index (κ2) is 7.14. The summed E-state index contributed by atoms with van der Waals surface area (Å²) in [5.74, 6) is -1.06. The van der Waals surface area contributed by atoms with E-state index in [0.29, 0.717) is 19.8 Å². The molecule has 6 nitrogen and oxygen atoms in total. The first-order valence-corrected chi connectivity index (χ1v) is 4.36. The number of nitrogens with zero attached hydrogens (tertiary/aromatic N) is 1. The Kier molecular flexibility index (Phi) is 6.47. The smallest absolute Gasteiger partial charge is 0.323 e. The topological polar surface area (TPSA) is 78.9 Å². The van der Waals surface area contributed by atoms with E-state index in [1.165, 1.54) is 4.90 Å². The van der Waals surface area contributed by atoms with E-state index in [0.717, 1.165) is 0 Å². The fourth-order valence-electron chi connectivity index (χ4n) is 0.734. The van der Waals surface area contributed by atoms with Crippen molar-refractivity contribution in [3.63, 3.8) is 0 Å². The lowest BCUT2D eigenvalue weighted by atomic mass is 10.6. The van der Waals surface area contributed by atoms with Gasteiger partial charge in [-0.15, -0.1) is 0 Å². The fourth-order valence-corrected chi connectivity index (χ4v) is 0.734. The minimum atomic E-state index is -1.06. The normalized spacial score (nSPS) is 9.57. The molecule has 0 fully saturated rings. The van der Waals surface area contributed by atoms with E-state index in [4.69, 9.17) is 9.84 Å². The zero-order valence-electron chi connectivity index (χ0n) is 8.45. The highest BCUT2D eigenvalue weighted by atomic mass is 16.5. The van der Waals surface area contributed by atoms with Gasteiger partial charge in [-0.25, -0.2) is 4.79 Å². The van der Waals surface area contributed by atoms with E-state index in [9.17, 15) is 9.59 Å². The van der Waals surface area contributed by atoms with Crippen LogP contribution in [0.5, 0.6) is 0 Å². The van der Waals surface area contributed by atoms with Gasteiger partial charge in [0.25, 0.3) is 0 Å².